The maximum atomic E-state index is 2.46. The van der Waals surface area contributed by atoms with Gasteiger partial charge in [0, 0.05) is 0 Å². The van der Waals surface area contributed by atoms with E-state index in [2.05, 4.69) is 40.7 Å². The van der Waals surface area contributed by atoms with Gasteiger partial charge in [-0.15, -0.1) is 0 Å². The largest absolute Gasteiger partial charge is 0.0859 e. The molecule has 1 atom stereocenters. The zero-order chi connectivity index (χ0) is 14.5. The Labute approximate surface area is 123 Å². The summed E-state index contributed by atoms with van der Waals surface area (Å²) >= 11 is 0. The summed E-state index contributed by atoms with van der Waals surface area (Å²) < 4.78 is 0. The Morgan fingerprint density at radius 3 is 2.21 bits per heavy atom. The van der Waals surface area contributed by atoms with Gasteiger partial charge in [-0.25, -0.2) is 0 Å². The van der Waals surface area contributed by atoms with Crippen LogP contribution in [0.3, 0.4) is 0 Å². The van der Waals surface area contributed by atoms with Gasteiger partial charge in [-0.3, -0.25) is 0 Å². The van der Waals surface area contributed by atoms with E-state index in [0.29, 0.717) is 0 Å². The van der Waals surface area contributed by atoms with Crippen molar-refractivity contribution in [1.82, 2.24) is 0 Å². The molecule has 0 heterocycles. The quantitative estimate of drug-likeness (QED) is 0.354. The highest BCUT2D eigenvalue weighted by molar-refractivity contribution is 4.92. The Morgan fingerprint density at radius 2 is 1.68 bits per heavy atom. The summed E-state index contributed by atoms with van der Waals surface area (Å²) in [6.45, 7) is 11.1. The first-order chi connectivity index (χ1) is 9.10. The molecule has 0 N–H and O–H groups in total. The first-order valence-corrected chi connectivity index (χ1v) is 8.73. The predicted octanol–water partition coefficient (Wildman–Crippen LogP) is 7.15. The van der Waals surface area contributed by atoms with Crippen molar-refractivity contribution in [1.29, 1.82) is 0 Å². The van der Waals surface area contributed by atoms with Crippen molar-refractivity contribution >= 4 is 0 Å². The summed E-state index contributed by atoms with van der Waals surface area (Å²) in [6, 6.07) is 0. The van der Waals surface area contributed by atoms with Crippen LogP contribution in [-0.4, -0.2) is 0 Å². The fourth-order valence-electron chi connectivity index (χ4n) is 2.97. The van der Waals surface area contributed by atoms with Gasteiger partial charge < -0.3 is 0 Å². The molecule has 0 aliphatic heterocycles. The van der Waals surface area contributed by atoms with Gasteiger partial charge in [0.25, 0.3) is 0 Å². The van der Waals surface area contributed by atoms with Gasteiger partial charge in [0.05, 0.1) is 0 Å². The van der Waals surface area contributed by atoms with E-state index < -0.39 is 0 Å². The molecular weight excluding hydrogens is 228 g/mol. The van der Waals surface area contributed by atoms with Crippen LogP contribution >= 0.6 is 0 Å². The Morgan fingerprint density at radius 1 is 1.11 bits per heavy atom. The molecule has 0 aromatic heterocycles. The van der Waals surface area contributed by atoms with Crippen molar-refractivity contribution in [3.63, 3.8) is 0 Å². The molecule has 1 fully saturated rings. The lowest BCUT2D eigenvalue weighted by Gasteiger charge is -2.24. The van der Waals surface area contributed by atoms with Crippen molar-refractivity contribution in [2.75, 3.05) is 0 Å². The third-order valence-corrected chi connectivity index (χ3v) is 3.91. The average molecular weight is 267 g/mol. The minimum Gasteiger partial charge on any atom is -0.0859 e. The highest BCUT2D eigenvalue weighted by atomic mass is 14.2. The van der Waals surface area contributed by atoms with E-state index in [4.69, 9.17) is 0 Å². The van der Waals surface area contributed by atoms with Gasteiger partial charge in [0.15, 0.2) is 0 Å². The van der Waals surface area contributed by atoms with E-state index in [1.165, 1.54) is 69.8 Å². The molecular formula is C19H38. The second-order valence-corrected chi connectivity index (χ2v) is 6.76. The lowest BCUT2D eigenvalue weighted by molar-refractivity contribution is 0.287. The Bertz CT molecular complexity index is 204. The molecule has 1 rings (SSSR count). The molecule has 0 aromatic rings. The van der Waals surface area contributed by atoms with Crippen molar-refractivity contribution < 1.29 is 0 Å². The molecule has 0 bridgehead atoms. The lowest BCUT2D eigenvalue weighted by Crippen LogP contribution is -2.10. The van der Waals surface area contributed by atoms with Crippen LogP contribution in [0.15, 0.2) is 11.6 Å². The van der Waals surface area contributed by atoms with Crippen LogP contribution in [0.4, 0.5) is 0 Å². The molecule has 1 aliphatic carbocycles. The van der Waals surface area contributed by atoms with Gasteiger partial charge in [-0.1, -0.05) is 77.4 Å². The van der Waals surface area contributed by atoms with Crippen molar-refractivity contribution in [3.8, 4) is 0 Å². The summed E-state index contributed by atoms with van der Waals surface area (Å²) in [5, 5.41) is 0. The third-order valence-electron chi connectivity index (χ3n) is 3.91. The summed E-state index contributed by atoms with van der Waals surface area (Å²) in [7, 11) is 0. The monoisotopic (exact) mass is 266 g/mol. The first-order valence-electron chi connectivity index (χ1n) is 8.73. The maximum Gasteiger partial charge on any atom is -0.0348 e. The molecule has 0 radical (unpaired) electrons. The van der Waals surface area contributed by atoms with Gasteiger partial charge in [0.1, 0.15) is 0 Å². The molecule has 0 heteroatoms. The normalized spacial score (nSPS) is 17.3. The summed E-state index contributed by atoms with van der Waals surface area (Å²) in [4.78, 5) is 0. The Kier molecular flexibility index (Phi) is 12.6. The number of allylic oxidation sites excluding steroid dienone is 2. The Hall–Kier alpha value is -0.260. The van der Waals surface area contributed by atoms with Crippen LogP contribution in [0.25, 0.3) is 0 Å². The number of unbranched alkanes of at least 4 members (excludes halogenated alkanes) is 1. The smallest absolute Gasteiger partial charge is 0.0348 e. The van der Waals surface area contributed by atoms with E-state index in [1.54, 1.807) is 0 Å². The summed E-state index contributed by atoms with van der Waals surface area (Å²) in [6.07, 6.45) is 16.7. The van der Waals surface area contributed by atoms with Crippen LogP contribution in [-0.2, 0) is 0 Å². The fourth-order valence-corrected chi connectivity index (χ4v) is 2.97. The van der Waals surface area contributed by atoms with Crippen LogP contribution < -0.4 is 0 Å². The van der Waals surface area contributed by atoms with E-state index in [0.717, 1.165) is 11.8 Å². The minimum absolute atomic E-state index is 0.952. The minimum atomic E-state index is 0.952. The predicted molar refractivity (Wildman–Crippen MR) is 89.6 cm³/mol. The van der Waals surface area contributed by atoms with Crippen LogP contribution in [0.5, 0.6) is 0 Å². The standard InChI is InChI=1S/C16H30.C3H8/c1-14(2)9-7-8-10-15(3)13-16-11-5-4-6-12-16;1-3-2/h9,15-16H,4-8,10-13H2,1-3H3;3H2,1-2H3/t15-;/m0./s1. The maximum absolute atomic E-state index is 2.46. The van der Waals surface area contributed by atoms with Crippen molar-refractivity contribution in [2.45, 2.75) is 98.8 Å². The topological polar surface area (TPSA) is 0 Å². The molecule has 1 saturated carbocycles. The van der Waals surface area contributed by atoms with E-state index >= 15 is 0 Å². The molecule has 0 nitrogen and oxygen atoms in total. The molecule has 1 aliphatic rings. The molecule has 0 aromatic carbocycles. The van der Waals surface area contributed by atoms with Crippen LogP contribution in [0.1, 0.15) is 98.8 Å². The Balaban J connectivity index is 0.000000982. The average Bonchev–Trinajstić information content (AvgIpc) is 2.37. The third kappa shape index (κ3) is 12.5. The van der Waals surface area contributed by atoms with Crippen LogP contribution in [0, 0.1) is 11.8 Å². The lowest BCUT2D eigenvalue weighted by atomic mass is 9.82. The number of hydrogen-bond donors (Lipinski definition) is 0. The van der Waals surface area contributed by atoms with E-state index in [-0.39, 0.29) is 0 Å². The molecule has 114 valence electrons. The van der Waals surface area contributed by atoms with Crippen molar-refractivity contribution in [3.05, 3.63) is 11.6 Å². The fraction of sp³-hybridized carbons (Fsp3) is 0.895. The molecule has 0 unspecified atom stereocenters. The van der Waals surface area contributed by atoms with Gasteiger partial charge in [-0.2, -0.15) is 0 Å². The van der Waals surface area contributed by atoms with Gasteiger partial charge in [0.2, 0.25) is 0 Å². The van der Waals surface area contributed by atoms with E-state index in [9.17, 15) is 0 Å². The first kappa shape index (κ1) is 18.7. The number of rotatable bonds is 6. The highest BCUT2D eigenvalue weighted by Gasteiger charge is 2.15. The molecule has 0 saturated heterocycles. The highest BCUT2D eigenvalue weighted by Crippen LogP contribution is 2.30. The molecule has 0 amide bonds. The van der Waals surface area contributed by atoms with Gasteiger partial charge in [-0.05, 0) is 44.9 Å². The molecule has 0 spiro atoms. The number of hydrogen-bond acceptors (Lipinski definition) is 0. The summed E-state index contributed by atoms with van der Waals surface area (Å²) in [5.74, 6) is 2.01. The zero-order valence-electron chi connectivity index (χ0n) is 14.3. The zero-order valence-corrected chi connectivity index (χ0v) is 14.3. The van der Waals surface area contributed by atoms with Gasteiger partial charge >= 0.3 is 0 Å². The van der Waals surface area contributed by atoms with E-state index in [1.807, 2.05) is 0 Å². The van der Waals surface area contributed by atoms with Crippen molar-refractivity contribution in [2.24, 2.45) is 11.8 Å². The second kappa shape index (κ2) is 12.8. The molecule has 19 heavy (non-hydrogen) atoms. The SMILES string of the molecule is CC(C)=CCCC[C@H](C)CC1CCCCC1.CCC. The summed E-state index contributed by atoms with van der Waals surface area (Å²) in [5.41, 5.74) is 1.47. The van der Waals surface area contributed by atoms with Crippen LogP contribution in [0.2, 0.25) is 0 Å². The second-order valence-electron chi connectivity index (χ2n) is 6.76.